The Balaban J connectivity index is 1.85. The molecule has 0 spiro atoms. The van der Waals surface area contributed by atoms with Crippen LogP contribution in [0.25, 0.3) is 0 Å². The summed E-state index contributed by atoms with van der Waals surface area (Å²) in [6, 6.07) is 5.90. The van der Waals surface area contributed by atoms with Gasteiger partial charge in [0, 0.05) is 25.0 Å². The lowest BCUT2D eigenvalue weighted by molar-refractivity contribution is 0.0728. The molecule has 2 N–H and O–H groups in total. The van der Waals surface area contributed by atoms with Crippen LogP contribution in [-0.2, 0) is 13.0 Å². The predicted molar refractivity (Wildman–Crippen MR) is 76.1 cm³/mol. The Kier molecular flexibility index (Phi) is 3.10. The average molecular weight is 268 g/mol. The fraction of sp³-hybridized carbons (Fsp3) is 0.267. The summed E-state index contributed by atoms with van der Waals surface area (Å²) in [6.07, 6.45) is 3.96. The van der Waals surface area contributed by atoms with Gasteiger partial charge in [-0.3, -0.25) is 9.78 Å². The highest BCUT2D eigenvalue weighted by atomic mass is 16.2. The van der Waals surface area contributed by atoms with Crippen molar-refractivity contribution in [2.45, 2.75) is 19.9 Å². The van der Waals surface area contributed by atoms with Gasteiger partial charge in [-0.25, -0.2) is 4.98 Å². The molecule has 1 aromatic heterocycles. The highest BCUT2D eigenvalue weighted by Gasteiger charge is 2.23. The molecule has 2 heterocycles. The fourth-order valence-electron chi connectivity index (χ4n) is 2.45. The molecule has 20 heavy (non-hydrogen) atoms. The molecule has 2 aromatic rings. The Morgan fingerprint density at radius 1 is 1.30 bits per heavy atom. The number of amides is 1. The van der Waals surface area contributed by atoms with Crippen molar-refractivity contribution in [1.82, 2.24) is 14.9 Å². The van der Waals surface area contributed by atoms with Gasteiger partial charge in [0.1, 0.15) is 5.69 Å². The number of aryl methyl sites for hydroxylation is 1. The fourth-order valence-corrected chi connectivity index (χ4v) is 2.45. The standard InChI is InChI=1S/C15H16N4O/c1-10-7-18-14(8-17-10)15(20)19-6-5-11-3-2-4-13(16)12(11)9-19/h2-4,7-8H,5-6,9,16H2,1H3. The Hall–Kier alpha value is -2.43. The van der Waals surface area contributed by atoms with Crippen LogP contribution in [-0.4, -0.2) is 27.3 Å². The maximum absolute atomic E-state index is 12.4. The Labute approximate surface area is 117 Å². The molecule has 1 amide bonds. The quantitative estimate of drug-likeness (QED) is 0.797. The van der Waals surface area contributed by atoms with E-state index in [-0.39, 0.29) is 5.91 Å². The minimum absolute atomic E-state index is 0.0913. The number of benzene rings is 1. The lowest BCUT2D eigenvalue weighted by Gasteiger charge is -2.29. The van der Waals surface area contributed by atoms with Gasteiger partial charge in [0.25, 0.3) is 5.91 Å². The Bertz CT molecular complexity index is 651. The van der Waals surface area contributed by atoms with Gasteiger partial charge in [0.05, 0.1) is 11.9 Å². The average Bonchev–Trinajstić information content (AvgIpc) is 2.47. The monoisotopic (exact) mass is 268 g/mol. The zero-order chi connectivity index (χ0) is 14.1. The molecule has 0 saturated heterocycles. The predicted octanol–water partition coefficient (Wildman–Crippen LogP) is 1.57. The van der Waals surface area contributed by atoms with Gasteiger partial charge in [0.2, 0.25) is 0 Å². The van der Waals surface area contributed by atoms with Gasteiger partial charge in [-0.15, -0.1) is 0 Å². The molecular weight excluding hydrogens is 252 g/mol. The number of hydrogen-bond donors (Lipinski definition) is 1. The highest BCUT2D eigenvalue weighted by Crippen LogP contribution is 2.24. The van der Waals surface area contributed by atoms with Crippen LogP contribution >= 0.6 is 0 Å². The van der Waals surface area contributed by atoms with Gasteiger partial charge in [0.15, 0.2) is 0 Å². The number of nitrogens with two attached hydrogens (primary N) is 1. The molecule has 102 valence electrons. The molecule has 0 saturated carbocycles. The third kappa shape index (κ3) is 2.22. The maximum atomic E-state index is 12.4. The molecule has 5 heteroatoms. The number of rotatable bonds is 1. The second-order valence-corrected chi connectivity index (χ2v) is 5.00. The summed E-state index contributed by atoms with van der Waals surface area (Å²) < 4.78 is 0. The molecule has 0 atom stereocenters. The first-order valence-corrected chi connectivity index (χ1v) is 6.59. The molecule has 3 rings (SSSR count). The van der Waals surface area contributed by atoms with E-state index in [0.29, 0.717) is 18.8 Å². The summed E-state index contributed by atoms with van der Waals surface area (Å²) in [5.41, 5.74) is 10.2. The molecule has 0 unspecified atom stereocenters. The van der Waals surface area contributed by atoms with Crippen LogP contribution in [0.5, 0.6) is 0 Å². The summed E-state index contributed by atoms with van der Waals surface area (Å²) in [4.78, 5) is 22.5. The van der Waals surface area contributed by atoms with Crippen LogP contribution in [0.3, 0.4) is 0 Å². The first kappa shape index (κ1) is 12.6. The lowest BCUT2D eigenvalue weighted by atomic mass is 9.98. The number of fused-ring (bicyclic) bond motifs is 1. The molecule has 1 aliphatic heterocycles. The Morgan fingerprint density at radius 3 is 2.90 bits per heavy atom. The second kappa shape index (κ2) is 4.92. The van der Waals surface area contributed by atoms with Crippen LogP contribution in [0.15, 0.2) is 30.6 Å². The molecular formula is C15H16N4O. The number of aromatic nitrogens is 2. The van der Waals surface area contributed by atoms with Crippen LogP contribution < -0.4 is 5.73 Å². The van der Waals surface area contributed by atoms with E-state index in [0.717, 1.165) is 23.4 Å². The van der Waals surface area contributed by atoms with Gasteiger partial charge in [-0.2, -0.15) is 0 Å². The van der Waals surface area contributed by atoms with E-state index >= 15 is 0 Å². The van der Waals surface area contributed by atoms with E-state index in [4.69, 9.17) is 5.73 Å². The molecule has 0 fully saturated rings. The minimum atomic E-state index is -0.0913. The molecule has 1 aromatic carbocycles. The number of nitrogen functional groups attached to an aromatic ring is 1. The summed E-state index contributed by atoms with van der Waals surface area (Å²) in [5.74, 6) is -0.0913. The summed E-state index contributed by atoms with van der Waals surface area (Å²) in [5, 5.41) is 0. The summed E-state index contributed by atoms with van der Waals surface area (Å²) in [6.45, 7) is 3.07. The Morgan fingerprint density at radius 2 is 2.15 bits per heavy atom. The van der Waals surface area contributed by atoms with Crippen LogP contribution in [0.2, 0.25) is 0 Å². The number of nitrogens with zero attached hydrogens (tertiary/aromatic N) is 3. The van der Waals surface area contributed by atoms with Gasteiger partial charge < -0.3 is 10.6 Å². The van der Waals surface area contributed by atoms with E-state index in [9.17, 15) is 4.79 Å². The number of carbonyl (C=O) groups is 1. The van der Waals surface area contributed by atoms with Crippen molar-refractivity contribution < 1.29 is 4.79 Å². The van der Waals surface area contributed by atoms with Crippen molar-refractivity contribution in [3.8, 4) is 0 Å². The third-order valence-corrected chi connectivity index (χ3v) is 3.60. The zero-order valence-corrected chi connectivity index (χ0v) is 11.3. The van der Waals surface area contributed by atoms with E-state index in [2.05, 4.69) is 16.0 Å². The van der Waals surface area contributed by atoms with Gasteiger partial charge in [-0.1, -0.05) is 12.1 Å². The van der Waals surface area contributed by atoms with Crippen LogP contribution in [0.1, 0.15) is 27.3 Å². The second-order valence-electron chi connectivity index (χ2n) is 5.00. The number of anilines is 1. The number of carbonyl (C=O) groups excluding carboxylic acids is 1. The molecule has 1 aliphatic rings. The van der Waals surface area contributed by atoms with Crippen molar-refractivity contribution in [2.75, 3.05) is 12.3 Å². The maximum Gasteiger partial charge on any atom is 0.274 e. The van der Waals surface area contributed by atoms with Crippen LogP contribution in [0, 0.1) is 6.92 Å². The molecule has 0 aliphatic carbocycles. The minimum Gasteiger partial charge on any atom is -0.398 e. The van der Waals surface area contributed by atoms with E-state index in [1.54, 1.807) is 11.1 Å². The van der Waals surface area contributed by atoms with Crippen molar-refractivity contribution in [1.29, 1.82) is 0 Å². The van der Waals surface area contributed by atoms with Crippen molar-refractivity contribution in [3.05, 3.63) is 53.1 Å². The van der Waals surface area contributed by atoms with Crippen molar-refractivity contribution in [3.63, 3.8) is 0 Å². The van der Waals surface area contributed by atoms with Crippen LogP contribution in [0.4, 0.5) is 5.69 Å². The topological polar surface area (TPSA) is 72.1 Å². The van der Waals surface area contributed by atoms with Gasteiger partial charge >= 0.3 is 0 Å². The van der Waals surface area contributed by atoms with E-state index in [1.807, 2.05) is 19.1 Å². The normalized spacial score (nSPS) is 13.9. The first-order valence-electron chi connectivity index (χ1n) is 6.59. The van der Waals surface area contributed by atoms with E-state index in [1.165, 1.54) is 11.8 Å². The molecule has 5 nitrogen and oxygen atoms in total. The summed E-state index contributed by atoms with van der Waals surface area (Å²) in [7, 11) is 0. The van der Waals surface area contributed by atoms with E-state index < -0.39 is 0 Å². The largest absolute Gasteiger partial charge is 0.398 e. The molecule has 0 radical (unpaired) electrons. The summed E-state index contributed by atoms with van der Waals surface area (Å²) >= 11 is 0. The first-order chi connectivity index (χ1) is 9.65. The lowest BCUT2D eigenvalue weighted by Crippen LogP contribution is -2.36. The SMILES string of the molecule is Cc1cnc(C(=O)N2CCc3cccc(N)c3C2)cn1. The smallest absolute Gasteiger partial charge is 0.274 e. The van der Waals surface area contributed by atoms with Gasteiger partial charge in [-0.05, 0) is 30.5 Å². The molecule has 0 bridgehead atoms. The highest BCUT2D eigenvalue weighted by molar-refractivity contribution is 5.92. The third-order valence-electron chi connectivity index (χ3n) is 3.60. The van der Waals surface area contributed by atoms with Crippen molar-refractivity contribution in [2.24, 2.45) is 0 Å². The zero-order valence-electron chi connectivity index (χ0n) is 11.3. The van der Waals surface area contributed by atoms with Crippen molar-refractivity contribution >= 4 is 11.6 Å². The number of hydrogen-bond acceptors (Lipinski definition) is 4.